The lowest BCUT2D eigenvalue weighted by Gasteiger charge is -2.32. The molecule has 1 atom stereocenters. The van der Waals surface area contributed by atoms with Crippen LogP contribution in [0.1, 0.15) is 24.0 Å². The zero-order valence-corrected chi connectivity index (χ0v) is 9.31. The molecule has 0 radical (unpaired) electrons. The number of anilines is 1. The highest BCUT2D eigenvalue weighted by Gasteiger charge is 2.24. The van der Waals surface area contributed by atoms with E-state index in [2.05, 4.69) is 6.92 Å². The van der Waals surface area contributed by atoms with Crippen LogP contribution < -0.4 is 5.73 Å². The second-order valence-corrected chi connectivity index (χ2v) is 4.38. The fourth-order valence-electron chi connectivity index (χ4n) is 2.47. The van der Waals surface area contributed by atoms with Crippen molar-refractivity contribution in [1.29, 1.82) is 0 Å². The highest BCUT2D eigenvalue weighted by molar-refractivity contribution is 5.69. The van der Waals surface area contributed by atoms with E-state index in [4.69, 9.17) is 10.8 Å². The van der Waals surface area contributed by atoms with Crippen LogP contribution in [-0.4, -0.2) is 29.1 Å². The number of nitrogens with two attached hydrogens (primary N) is 1. The maximum atomic E-state index is 10.7. The summed E-state index contributed by atoms with van der Waals surface area (Å²) in [6, 6.07) is 5.85. The second kappa shape index (κ2) is 4.14. The number of carboxylic acid groups (broad SMARTS) is 1. The Bertz CT molecular complexity index is 417. The van der Waals surface area contributed by atoms with Gasteiger partial charge in [0.05, 0.1) is 6.54 Å². The number of fused-ring (bicyclic) bond motifs is 1. The molecule has 1 aliphatic rings. The summed E-state index contributed by atoms with van der Waals surface area (Å²) in [4.78, 5) is 12.6. The Balaban J connectivity index is 2.26. The van der Waals surface area contributed by atoms with Crippen LogP contribution in [0.2, 0.25) is 0 Å². The molecule has 16 heavy (non-hydrogen) atoms. The van der Waals surface area contributed by atoms with Crippen LogP contribution in [0.25, 0.3) is 0 Å². The molecule has 86 valence electrons. The SMILES string of the molecule is CC1CN(CC(=O)O)Cc2cccc(N)c21. The summed E-state index contributed by atoms with van der Waals surface area (Å²) in [5.41, 5.74) is 9.10. The summed E-state index contributed by atoms with van der Waals surface area (Å²) in [6.07, 6.45) is 0. The molecule has 0 aliphatic carbocycles. The molecule has 1 unspecified atom stereocenters. The molecule has 0 saturated heterocycles. The molecule has 4 nitrogen and oxygen atoms in total. The third-order valence-corrected chi connectivity index (χ3v) is 3.01. The number of hydrogen-bond acceptors (Lipinski definition) is 3. The van der Waals surface area contributed by atoms with Gasteiger partial charge in [0.25, 0.3) is 0 Å². The lowest BCUT2D eigenvalue weighted by molar-refractivity contribution is -0.138. The van der Waals surface area contributed by atoms with Gasteiger partial charge < -0.3 is 10.8 Å². The van der Waals surface area contributed by atoms with E-state index in [0.29, 0.717) is 12.5 Å². The molecular formula is C12H16N2O2. The molecule has 3 N–H and O–H groups in total. The quantitative estimate of drug-likeness (QED) is 0.737. The Kier molecular flexibility index (Phi) is 2.83. The highest BCUT2D eigenvalue weighted by Crippen LogP contribution is 2.31. The van der Waals surface area contributed by atoms with E-state index in [1.807, 2.05) is 23.1 Å². The van der Waals surface area contributed by atoms with Crippen molar-refractivity contribution in [3.8, 4) is 0 Å². The molecular weight excluding hydrogens is 204 g/mol. The first kappa shape index (κ1) is 11.0. The average molecular weight is 220 g/mol. The number of nitrogens with zero attached hydrogens (tertiary/aromatic N) is 1. The molecule has 1 aromatic rings. The number of benzene rings is 1. The second-order valence-electron chi connectivity index (χ2n) is 4.38. The van der Waals surface area contributed by atoms with Crippen molar-refractivity contribution in [2.45, 2.75) is 19.4 Å². The van der Waals surface area contributed by atoms with Gasteiger partial charge in [-0.15, -0.1) is 0 Å². The molecule has 2 rings (SSSR count). The van der Waals surface area contributed by atoms with Gasteiger partial charge in [0.2, 0.25) is 0 Å². The van der Waals surface area contributed by atoms with E-state index in [0.717, 1.165) is 17.8 Å². The minimum absolute atomic E-state index is 0.0958. The Hall–Kier alpha value is -1.55. The molecule has 0 amide bonds. The largest absolute Gasteiger partial charge is 0.480 e. The summed E-state index contributed by atoms with van der Waals surface area (Å²) in [6.45, 7) is 3.62. The van der Waals surface area contributed by atoms with E-state index >= 15 is 0 Å². The van der Waals surface area contributed by atoms with Crippen molar-refractivity contribution in [3.05, 3.63) is 29.3 Å². The highest BCUT2D eigenvalue weighted by atomic mass is 16.4. The predicted molar refractivity (Wildman–Crippen MR) is 62.2 cm³/mol. The van der Waals surface area contributed by atoms with Crippen molar-refractivity contribution >= 4 is 11.7 Å². The van der Waals surface area contributed by atoms with E-state index in [1.165, 1.54) is 5.56 Å². The standard InChI is InChI=1S/C12H16N2O2/c1-8-5-14(7-11(15)16)6-9-3-2-4-10(13)12(8)9/h2-4,8H,5-7,13H2,1H3,(H,15,16). The number of hydrogen-bond donors (Lipinski definition) is 2. The van der Waals surface area contributed by atoms with Crippen LogP contribution in [0.4, 0.5) is 5.69 Å². The van der Waals surface area contributed by atoms with Gasteiger partial charge in [0, 0.05) is 18.8 Å². The maximum Gasteiger partial charge on any atom is 0.317 e. The van der Waals surface area contributed by atoms with Gasteiger partial charge in [-0.1, -0.05) is 19.1 Å². The zero-order chi connectivity index (χ0) is 11.7. The van der Waals surface area contributed by atoms with Crippen LogP contribution in [0.15, 0.2) is 18.2 Å². The fraction of sp³-hybridized carbons (Fsp3) is 0.417. The molecule has 1 aromatic carbocycles. The van der Waals surface area contributed by atoms with Gasteiger partial charge in [0.15, 0.2) is 0 Å². The number of nitrogen functional groups attached to an aromatic ring is 1. The number of aliphatic carboxylic acids is 1. The molecule has 1 heterocycles. The first-order valence-corrected chi connectivity index (χ1v) is 5.39. The third kappa shape index (κ3) is 2.02. The molecule has 0 fully saturated rings. The summed E-state index contributed by atoms with van der Waals surface area (Å²) >= 11 is 0. The van der Waals surface area contributed by atoms with Gasteiger partial charge in [0.1, 0.15) is 0 Å². The van der Waals surface area contributed by atoms with Crippen molar-refractivity contribution in [2.75, 3.05) is 18.8 Å². The van der Waals surface area contributed by atoms with Crippen molar-refractivity contribution in [2.24, 2.45) is 0 Å². The van der Waals surface area contributed by atoms with Gasteiger partial charge in [-0.25, -0.2) is 0 Å². The zero-order valence-electron chi connectivity index (χ0n) is 9.31. The Morgan fingerprint density at radius 2 is 2.38 bits per heavy atom. The topological polar surface area (TPSA) is 66.6 Å². The van der Waals surface area contributed by atoms with Crippen molar-refractivity contribution < 1.29 is 9.90 Å². The summed E-state index contributed by atoms with van der Waals surface area (Å²) in [5.74, 6) is -0.483. The van der Waals surface area contributed by atoms with Gasteiger partial charge >= 0.3 is 5.97 Å². The summed E-state index contributed by atoms with van der Waals surface area (Å²) in [5, 5.41) is 8.79. The molecule has 0 spiro atoms. The molecule has 4 heteroatoms. The van der Waals surface area contributed by atoms with Crippen LogP contribution in [0, 0.1) is 0 Å². The predicted octanol–water partition coefficient (Wildman–Crippen LogP) is 1.27. The van der Waals surface area contributed by atoms with Crippen LogP contribution in [-0.2, 0) is 11.3 Å². The van der Waals surface area contributed by atoms with Gasteiger partial charge in [-0.2, -0.15) is 0 Å². The van der Waals surface area contributed by atoms with Crippen LogP contribution in [0.5, 0.6) is 0 Å². The van der Waals surface area contributed by atoms with Crippen molar-refractivity contribution in [3.63, 3.8) is 0 Å². The maximum absolute atomic E-state index is 10.7. The normalized spacial score (nSPS) is 20.4. The number of carbonyl (C=O) groups is 1. The first-order chi connectivity index (χ1) is 7.58. The lowest BCUT2D eigenvalue weighted by Crippen LogP contribution is -2.36. The van der Waals surface area contributed by atoms with E-state index in [1.54, 1.807) is 0 Å². The minimum Gasteiger partial charge on any atom is -0.480 e. The Morgan fingerprint density at radius 1 is 1.62 bits per heavy atom. The van der Waals surface area contributed by atoms with E-state index < -0.39 is 5.97 Å². The Morgan fingerprint density at radius 3 is 3.06 bits per heavy atom. The summed E-state index contributed by atoms with van der Waals surface area (Å²) in [7, 11) is 0. The first-order valence-electron chi connectivity index (χ1n) is 5.39. The van der Waals surface area contributed by atoms with Crippen molar-refractivity contribution in [1.82, 2.24) is 4.90 Å². The Labute approximate surface area is 94.7 Å². The number of rotatable bonds is 2. The van der Waals surface area contributed by atoms with Crippen LogP contribution >= 0.6 is 0 Å². The van der Waals surface area contributed by atoms with E-state index in [9.17, 15) is 4.79 Å². The minimum atomic E-state index is -0.778. The fourth-order valence-corrected chi connectivity index (χ4v) is 2.47. The van der Waals surface area contributed by atoms with E-state index in [-0.39, 0.29) is 6.54 Å². The monoisotopic (exact) mass is 220 g/mol. The average Bonchev–Trinajstić information content (AvgIpc) is 2.15. The number of carboxylic acids is 1. The smallest absolute Gasteiger partial charge is 0.317 e. The molecule has 0 aromatic heterocycles. The molecule has 0 saturated carbocycles. The molecule has 1 aliphatic heterocycles. The van der Waals surface area contributed by atoms with Crippen LogP contribution in [0.3, 0.4) is 0 Å². The molecule has 0 bridgehead atoms. The summed E-state index contributed by atoms with van der Waals surface area (Å²) < 4.78 is 0. The van der Waals surface area contributed by atoms with Gasteiger partial charge in [-0.3, -0.25) is 9.69 Å². The van der Waals surface area contributed by atoms with Gasteiger partial charge in [-0.05, 0) is 23.1 Å². The lowest BCUT2D eigenvalue weighted by atomic mass is 9.90. The third-order valence-electron chi connectivity index (χ3n) is 3.01.